The average Bonchev–Trinajstić information content (AvgIpc) is 3.16. The Hall–Kier alpha value is -3.11. The summed E-state index contributed by atoms with van der Waals surface area (Å²) in [5.41, 5.74) is 3.97. The Labute approximate surface area is 199 Å². The molecule has 1 amide bonds. The molecule has 1 atom stereocenters. The molecular formula is C22H23BrN6O2S. The highest BCUT2D eigenvalue weighted by Crippen LogP contribution is 2.23. The van der Waals surface area contributed by atoms with Crippen molar-refractivity contribution in [2.24, 2.45) is 5.10 Å². The summed E-state index contributed by atoms with van der Waals surface area (Å²) in [7, 11) is 0. The molecule has 0 unspecified atom stereocenters. The number of anilines is 1. The first-order valence-electron chi connectivity index (χ1n) is 9.78. The van der Waals surface area contributed by atoms with Gasteiger partial charge in [0.15, 0.2) is 11.0 Å². The fourth-order valence-electron chi connectivity index (χ4n) is 2.68. The van der Waals surface area contributed by atoms with Crippen LogP contribution in [0.1, 0.15) is 18.3 Å². The van der Waals surface area contributed by atoms with Crippen molar-refractivity contribution in [3.63, 3.8) is 0 Å². The number of rotatable bonds is 10. The number of para-hydroxylation sites is 1. The van der Waals surface area contributed by atoms with Gasteiger partial charge in [-0.3, -0.25) is 4.79 Å². The second kappa shape index (κ2) is 11.5. The molecule has 0 bridgehead atoms. The number of thioether (sulfide) groups is 1. The maximum absolute atomic E-state index is 12.5. The molecule has 3 aromatic rings. The van der Waals surface area contributed by atoms with Crippen molar-refractivity contribution >= 4 is 45.5 Å². The zero-order chi connectivity index (χ0) is 22.9. The number of hydrogen-bond acceptors (Lipinski definition) is 7. The van der Waals surface area contributed by atoms with E-state index in [9.17, 15) is 9.90 Å². The van der Waals surface area contributed by atoms with E-state index >= 15 is 0 Å². The number of hydrogen-bond donors (Lipinski definition) is 3. The van der Waals surface area contributed by atoms with Crippen LogP contribution in [-0.2, 0) is 17.9 Å². The van der Waals surface area contributed by atoms with Gasteiger partial charge in [0.05, 0.1) is 18.0 Å². The predicted octanol–water partition coefficient (Wildman–Crippen LogP) is 4.18. The number of hydrazone groups is 1. The van der Waals surface area contributed by atoms with Gasteiger partial charge in [-0.2, -0.15) is 5.10 Å². The predicted molar refractivity (Wildman–Crippen MR) is 131 cm³/mol. The molecule has 0 saturated carbocycles. The first kappa shape index (κ1) is 23.6. The van der Waals surface area contributed by atoms with Crippen molar-refractivity contribution in [3.05, 3.63) is 77.0 Å². The van der Waals surface area contributed by atoms with Crippen LogP contribution in [0, 0.1) is 0 Å². The van der Waals surface area contributed by atoms with Crippen LogP contribution in [0.15, 0.2) is 75.9 Å². The minimum Gasteiger partial charge on any atom is -0.507 e. The molecule has 0 aliphatic rings. The van der Waals surface area contributed by atoms with Crippen LogP contribution >= 0.6 is 27.7 Å². The normalized spacial score (nSPS) is 11.9. The molecule has 1 heterocycles. The lowest BCUT2D eigenvalue weighted by Crippen LogP contribution is -2.27. The second-order valence-corrected chi connectivity index (χ2v) is 8.94. The highest BCUT2D eigenvalue weighted by molar-refractivity contribution is 9.10. The number of amides is 1. The van der Waals surface area contributed by atoms with Crippen molar-refractivity contribution < 1.29 is 9.90 Å². The molecule has 8 nitrogen and oxygen atoms in total. The third-order valence-electron chi connectivity index (χ3n) is 4.35. The highest BCUT2D eigenvalue weighted by atomic mass is 79.9. The Morgan fingerprint density at radius 2 is 2.09 bits per heavy atom. The molecule has 0 aliphatic carbocycles. The van der Waals surface area contributed by atoms with E-state index in [1.54, 1.807) is 31.2 Å². The number of phenols is 1. The third-order valence-corrected chi connectivity index (χ3v) is 5.92. The molecule has 2 aromatic carbocycles. The van der Waals surface area contributed by atoms with Crippen LogP contribution in [0.2, 0.25) is 0 Å². The smallest absolute Gasteiger partial charge is 0.253 e. The molecule has 166 valence electrons. The summed E-state index contributed by atoms with van der Waals surface area (Å²) in [6.45, 7) is 6.59. The van der Waals surface area contributed by atoms with E-state index in [-0.39, 0.29) is 11.7 Å². The molecule has 10 heteroatoms. The summed E-state index contributed by atoms with van der Waals surface area (Å²) >= 11 is 4.62. The second-order valence-electron chi connectivity index (χ2n) is 6.72. The molecule has 0 spiro atoms. The lowest BCUT2D eigenvalue weighted by molar-refractivity contribution is -0.120. The summed E-state index contributed by atoms with van der Waals surface area (Å²) in [6, 6.07) is 14.8. The van der Waals surface area contributed by atoms with E-state index in [0.717, 1.165) is 16.0 Å². The topological polar surface area (TPSA) is 104 Å². The lowest BCUT2D eigenvalue weighted by Gasteiger charge is -2.12. The van der Waals surface area contributed by atoms with Gasteiger partial charge in [0.2, 0.25) is 0 Å². The minimum atomic E-state index is -0.467. The third kappa shape index (κ3) is 6.44. The number of phenolic OH excluding ortho intramolecular Hbond substituents is 1. The largest absolute Gasteiger partial charge is 0.507 e. The van der Waals surface area contributed by atoms with Gasteiger partial charge in [0.1, 0.15) is 5.75 Å². The van der Waals surface area contributed by atoms with Crippen LogP contribution < -0.4 is 10.7 Å². The number of nitrogens with zero attached hydrogens (tertiary/aromatic N) is 4. The molecule has 0 fully saturated rings. The van der Waals surface area contributed by atoms with Gasteiger partial charge in [-0.05, 0) is 37.3 Å². The fourth-order valence-corrected chi connectivity index (χ4v) is 3.93. The van der Waals surface area contributed by atoms with Crippen molar-refractivity contribution in [1.82, 2.24) is 20.2 Å². The Balaban J connectivity index is 1.61. The van der Waals surface area contributed by atoms with E-state index in [4.69, 9.17) is 0 Å². The Kier molecular flexibility index (Phi) is 8.46. The zero-order valence-electron chi connectivity index (χ0n) is 17.4. The molecule has 0 aliphatic heterocycles. The van der Waals surface area contributed by atoms with Gasteiger partial charge < -0.3 is 15.0 Å². The molecule has 32 heavy (non-hydrogen) atoms. The van der Waals surface area contributed by atoms with Gasteiger partial charge in [0.25, 0.3) is 5.91 Å². The highest BCUT2D eigenvalue weighted by Gasteiger charge is 2.19. The first-order chi connectivity index (χ1) is 15.5. The molecule has 0 radical (unpaired) electrons. The lowest BCUT2D eigenvalue weighted by atomic mass is 10.2. The average molecular weight is 515 g/mol. The van der Waals surface area contributed by atoms with E-state index in [0.29, 0.717) is 23.8 Å². The number of aromatic hydroxyl groups is 1. The fraction of sp³-hybridized carbons (Fsp3) is 0.182. The minimum absolute atomic E-state index is 0.0720. The molecule has 3 rings (SSSR count). The quantitative estimate of drug-likeness (QED) is 0.162. The summed E-state index contributed by atoms with van der Waals surface area (Å²) in [4.78, 5) is 12.5. The van der Waals surface area contributed by atoms with E-state index in [1.165, 1.54) is 18.0 Å². The monoisotopic (exact) mass is 514 g/mol. The van der Waals surface area contributed by atoms with Crippen LogP contribution in [-0.4, -0.2) is 37.2 Å². The van der Waals surface area contributed by atoms with E-state index < -0.39 is 5.25 Å². The zero-order valence-corrected chi connectivity index (χ0v) is 19.8. The first-order valence-corrected chi connectivity index (χ1v) is 11.4. The van der Waals surface area contributed by atoms with E-state index in [1.807, 2.05) is 34.9 Å². The molecule has 1 aromatic heterocycles. The summed E-state index contributed by atoms with van der Waals surface area (Å²) in [6.07, 6.45) is 3.15. The van der Waals surface area contributed by atoms with Crippen molar-refractivity contribution in [3.8, 4) is 5.75 Å². The summed E-state index contributed by atoms with van der Waals surface area (Å²) in [5.74, 6) is 0.521. The van der Waals surface area contributed by atoms with Gasteiger partial charge in [-0.15, -0.1) is 16.8 Å². The number of halogens is 1. The van der Waals surface area contributed by atoms with E-state index in [2.05, 4.69) is 48.6 Å². The molecule has 0 saturated heterocycles. The van der Waals surface area contributed by atoms with Crippen LogP contribution in [0.4, 0.5) is 5.69 Å². The Morgan fingerprint density at radius 1 is 1.31 bits per heavy atom. The van der Waals surface area contributed by atoms with Crippen LogP contribution in [0.5, 0.6) is 5.75 Å². The maximum atomic E-state index is 12.5. The maximum Gasteiger partial charge on any atom is 0.253 e. The van der Waals surface area contributed by atoms with Crippen molar-refractivity contribution in [2.75, 3.05) is 5.32 Å². The van der Waals surface area contributed by atoms with Gasteiger partial charge >= 0.3 is 0 Å². The van der Waals surface area contributed by atoms with Crippen LogP contribution in [0.25, 0.3) is 0 Å². The SMILES string of the molecule is C=CCn1c(CNc2ccccc2)nnc1S[C@@H](C)C(=O)NN=Cc1cc(Br)ccc1O. The summed E-state index contributed by atoms with van der Waals surface area (Å²) in [5, 5.41) is 25.8. The number of carbonyl (C=O) groups is 1. The molecular weight excluding hydrogens is 492 g/mol. The van der Waals surface area contributed by atoms with Gasteiger partial charge in [0, 0.05) is 22.3 Å². The summed E-state index contributed by atoms with van der Waals surface area (Å²) < 4.78 is 2.71. The van der Waals surface area contributed by atoms with Crippen molar-refractivity contribution in [2.45, 2.75) is 30.4 Å². The number of carbonyl (C=O) groups excluding carboxylic acids is 1. The van der Waals surface area contributed by atoms with Gasteiger partial charge in [-0.1, -0.05) is 52.0 Å². The van der Waals surface area contributed by atoms with Crippen LogP contribution in [0.3, 0.4) is 0 Å². The van der Waals surface area contributed by atoms with Gasteiger partial charge in [-0.25, -0.2) is 5.43 Å². The number of benzene rings is 2. The number of aromatic nitrogens is 3. The number of nitrogens with one attached hydrogen (secondary N) is 2. The van der Waals surface area contributed by atoms with Crippen molar-refractivity contribution in [1.29, 1.82) is 0 Å². The Bertz CT molecular complexity index is 1100. The molecule has 3 N–H and O–H groups in total. The Morgan fingerprint density at radius 3 is 2.84 bits per heavy atom. The number of allylic oxidation sites excluding steroid dienone is 1. The standard InChI is InChI=1S/C22H23BrN6O2S/c1-3-11-29-20(14-24-18-7-5-4-6-8-18)26-28-22(29)32-15(2)21(31)27-25-13-16-12-17(23)9-10-19(16)30/h3-10,12-13,15,24,30H,1,11,14H2,2H3,(H,27,31)/t15-/m0/s1.